The monoisotopic (exact) mass is 280 g/mol. The highest BCUT2D eigenvalue weighted by molar-refractivity contribution is 5.69. The Balaban J connectivity index is 3.34. The molecule has 0 aliphatic heterocycles. The van der Waals surface area contributed by atoms with E-state index in [2.05, 4.69) is 6.92 Å². The number of ether oxygens (including phenoxy) is 2. The number of carboxylic acid groups (broad SMARTS) is 1. The zero-order valence-electron chi connectivity index (χ0n) is 12.9. The molecule has 0 aromatic heterocycles. The molecule has 0 aliphatic rings. The van der Waals surface area contributed by atoms with E-state index < -0.39 is 11.4 Å². The van der Waals surface area contributed by atoms with Crippen molar-refractivity contribution < 1.29 is 19.4 Å². The molecule has 0 aliphatic carbocycles. The fourth-order valence-corrected chi connectivity index (χ4v) is 2.43. The van der Waals surface area contributed by atoms with Crippen molar-refractivity contribution in [1.82, 2.24) is 0 Å². The minimum absolute atomic E-state index is 0.0413. The molecule has 0 bridgehead atoms. The van der Waals surface area contributed by atoms with E-state index in [1.54, 1.807) is 14.2 Å². The first kappa shape index (κ1) is 16.3. The lowest BCUT2D eigenvalue weighted by Crippen LogP contribution is -2.22. The molecule has 1 rings (SSSR count). The Kier molecular flexibility index (Phi) is 5.43. The molecule has 0 fully saturated rings. The second-order valence-electron chi connectivity index (χ2n) is 5.57. The molecular weight excluding hydrogens is 256 g/mol. The van der Waals surface area contributed by atoms with Gasteiger partial charge in [-0.15, -0.1) is 0 Å². The molecule has 1 aromatic rings. The first-order valence-corrected chi connectivity index (χ1v) is 6.82. The fourth-order valence-electron chi connectivity index (χ4n) is 2.43. The molecule has 112 valence electrons. The van der Waals surface area contributed by atoms with Gasteiger partial charge in [0, 0.05) is 11.0 Å². The lowest BCUT2D eigenvalue weighted by molar-refractivity contribution is -0.138. The summed E-state index contributed by atoms with van der Waals surface area (Å²) in [5.41, 5.74) is 1.43. The minimum Gasteiger partial charge on any atom is -0.496 e. The third-order valence-electron chi connectivity index (χ3n) is 3.44. The smallest absolute Gasteiger partial charge is 0.304 e. The van der Waals surface area contributed by atoms with Crippen molar-refractivity contribution in [2.24, 2.45) is 0 Å². The fraction of sp³-hybridized carbons (Fsp3) is 0.562. The Bertz CT molecular complexity index is 478. The maximum absolute atomic E-state index is 11.0. The summed E-state index contributed by atoms with van der Waals surface area (Å²) in [6.07, 6.45) is 1.95. The summed E-state index contributed by atoms with van der Waals surface area (Å²) in [6.45, 7) is 5.91. The summed E-state index contributed by atoms with van der Waals surface area (Å²) in [4.78, 5) is 11.0. The van der Waals surface area contributed by atoms with Crippen LogP contribution in [0.2, 0.25) is 0 Å². The molecule has 0 saturated heterocycles. The highest BCUT2D eigenvalue weighted by Crippen LogP contribution is 2.39. The van der Waals surface area contributed by atoms with Gasteiger partial charge in [0.1, 0.15) is 11.5 Å². The van der Waals surface area contributed by atoms with Crippen LogP contribution in [0.4, 0.5) is 0 Å². The van der Waals surface area contributed by atoms with Crippen molar-refractivity contribution in [3.63, 3.8) is 0 Å². The predicted molar refractivity (Wildman–Crippen MR) is 78.8 cm³/mol. The van der Waals surface area contributed by atoms with Crippen LogP contribution in [0.15, 0.2) is 12.1 Å². The van der Waals surface area contributed by atoms with Crippen LogP contribution in [0.5, 0.6) is 11.5 Å². The van der Waals surface area contributed by atoms with Crippen LogP contribution in [-0.2, 0) is 16.6 Å². The van der Waals surface area contributed by atoms with Gasteiger partial charge in [0.2, 0.25) is 0 Å². The van der Waals surface area contributed by atoms with Gasteiger partial charge in [-0.25, -0.2) is 0 Å². The van der Waals surface area contributed by atoms with Crippen LogP contribution in [0.3, 0.4) is 0 Å². The summed E-state index contributed by atoms with van der Waals surface area (Å²) in [5.74, 6) is 0.690. The normalized spacial score (nSPS) is 11.2. The van der Waals surface area contributed by atoms with E-state index in [0.29, 0.717) is 0 Å². The molecule has 0 radical (unpaired) electrons. The minimum atomic E-state index is -0.825. The topological polar surface area (TPSA) is 55.8 Å². The zero-order valence-corrected chi connectivity index (χ0v) is 12.9. The van der Waals surface area contributed by atoms with Crippen LogP contribution >= 0.6 is 0 Å². The summed E-state index contributed by atoms with van der Waals surface area (Å²) in [6, 6.07) is 3.87. The number of carbonyl (C=O) groups is 1. The first-order valence-electron chi connectivity index (χ1n) is 6.82. The van der Waals surface area contributed by atoms with E-state index in [-0.39, 0.29) is 6.42 Å². The molecule has 0 amide bonds. The molecule has 0 heterocycles. The van der Waals surface area contributed by atoms with Crippen LogP contribution in [0.1, 0.15) is 44.7 Å². The Labute approximate surface area is 120 Å². The largest absolute Gasteiger partial charge is 0.496 e. The second-order valence-corrected chi connectivity index (χ2v) is 5.57. The maximum Gasteiger partial charge on any atom is 0.304 e. The molecule has 0 unspecified atom stereocenters. The molecule has 1 N–H and O–H groups in total. The van der Waals surface area contributed by atoms with Gasteiger partial charge in [-0.3, -0.25) is 4.79 Å². The molecule has 4 nitrogen and oxygen atoms in total. The maximum atomic E-state index is 11.0. The Morgan fingerprint density at radius 3 is 2.25 bits per heavy atom. The van der Waals surface area contributed by atoms with E-state index in [0.717, 1.165) is 35.5 Å². The van der Waals surface area contributed by atoms with Crippen LogP contribution in [0.25, 0.3) is 0 Å². The number of aliphatic carboxylic acids is 1. The van der Waals surface area contributed by atoms with E-state index >= 15 is 0 Å². The Morgan fingerprint density at radius 1 is 1.20 bits per heavy atom. The number of rotatable bonds is 7. The summed E-state index contributed by atoms with van der Waals surface area (Å²) < 4.78 is 10.9. The lowest BCUT2D eigenvalue weighted by atomic mass is 9.80. The highest BCUT2D eigenvalue weighted by atomic mass is 16.5. The third-order valence-corrected chi connectivity index (χ3v) is 3.44. The van der Waals surface area contributed by atoms with Crippen LogP contribution in [-0.4, -0.2) is 25.3 Å². The van der Waals surface area contributed by atoms with Crippen LogP contribution < -0.4 is 9.47 Å². The molecule has 4 heteroatoms. The number of carboxylic acids is 1. The average molecular weight is 280 g/mol. The molecule has 20 heavy (non-hydrogen) atoms. The zero-order chi connectivity index (χ0) is 15.3. The van der Waals surface area contributed by atoms with Gasteiger partial charge >= 0.3 is 5.97 Å². The van der Waals surface area contributed by atoms with E-state index in [9.17, 15) is 4.79 Å². The Morgan fingerprint density at radius 2 is 1.80 bits per heavy atom. The molecule has 0 spiro atoms. The number of methoxy groups -OCH3 is 2. The van der Waals surface area contributed by atoms with Crippen molar-refractivity contribution in [2.75, 3.05) is 14.2 Å². The van der Waals surface area contributed by atoms with E-state index in [4.69, 9.17) is 14.6 Å². The molecule has 1 aromatic carbocycles. The number of hydrogen-bond acceptors (Lipinski definition) is 3. The van der Waals surface area contributed by atoms with E-state index in [1.165, 1.54) is 0 Å². The van der Waals surface area contributed by atoms with Gasteiger partial charge in [-0.2, -0.15) is 0 Å². The molecule has 0 atom stereocenters. The third kappa shape index (κ3) is 3.65. The van der Waals surface area contributed by atoms with Gasteiger partial charge in [0.25, 0.3) is 0 Å². The van der Waals surface area contributed by atoms with Gasteiger partial charge < -0.3 is 14.6 Å². The van der Waals surface area contributed by atoms with Crippen molar-refractivity contribution in [3.05, 3.63) is 23.3 Å². The first-order chi connectivity index (χ1) is 9.35. The summed E-state index contributed by atoms with van der Waals surface area (Å²) >= 11 is 0. The summed E-state index contributed by atoms with van der Waals surface area (Å²) in [5, 5.41) is 9.07. The van der Waals surface area contributed by atoms with Crippen molar-refractivity contribution in [1.29, 1.82) is 0 Å². The highest BCUT2D eigenvalue weighted by Gasteiger charge is 2.28. The van der Waals surface area contributed by atoms with Crippen molar-refractivity contribution in [2.45, 2.75) is 45.4 Å². The lowest BCUT2D eigenvalue weighted by Gasteiger charge is -2.26. The van der Waals surface area contributed by atoms with Crippen molar-refractivity contribution in [3.8, 4) is 11.5 Å². The number of benzene rings is 1. The molecule has 0 saturated carbocycles. The number of aryl methyl sites for hydroxylation is 1. The second kappa shape index (κ2) is 6.64. The van der Waals surface area contributed by atoms with Gasteiger partial charge in [-0.1, -0.05) is 27.2 Å². The quantitative estimate of drug-likeness (QED) is 0.831. The standard InChI is InChI=1S/C16H24O4/c1-6-7-11-8-14(20-5)12(9-13(11)19-4)16(2,3)10-15(17)18/h8-9H,6-7,10H2,1-5H3,(H,17,18). The SMILES string of the molecule is CCCc1cc(OC)c(C(C)(C)CC(=O)O)cc1OC. The van der Waals surface area contributed by atoms with Gasteiger partial charge in [-0.05, 0) is 24.1 Å². The van der Waals surface area contributed by atoms with Crippen molar-refractivity contribution >= 4 is 5.97 Å². The Hall–Kier alpha value is -1.71. The van der Waals surface area contributed by atoms with Gasteiger partial charge in [0.15, 0.2) is 0 Å². The van der Waals surface area contributed by atoms with Crippen LogP contribution in [0, 0.1) is 0 Å². The molecular formula is C16H24O4. The van der Waals surface area contributed by atoms with E-state index in [1.807, 2.05) is 26.0 Å². The summed E-state index contributed by atoms with van der Waals surface area (Å²) in [7, 11) is 3.24. The average Bonchev–Trinajstić information content (AvgIpc) is 2.36. The predicted octanol–water partition coefficient (Wildman–Crippen LogP) is 3.41. The number of hydrogen-bond donors (Lipinski definition) is 1. The van der Waals surface area contributed by atoms with Gasteiger partial charge in [0.05, 0.1) is 20.6 Å².